The molecule has 1 aliphatic heterocycles. The van der Waals surface area contributed by atoms with Crippen LogP contribution in [-0.4, -0.2) is 37.5 Å². The zero-order valence-corrected chi connectivity index (χ0v) is 18.9. The van der Waals surface area contributed by atoms with E-state index in [1.54, 1.807) is 16.7 Å². The number of ether oxygens (including phenoxy) is 2. The second-order valence-corrected chi connectivity index (χ2v) is 8.84. The Bertz CT molecular complexity index is 1350. The van der Waals surface area contributed by atoms with E-state index < -0.39 is 0 Å². The summed E-state index contributed by atoms with van der Waals surface area (Å²) < 4.78 is 14.6. The molecule has 0 saturated carbocycles. The monoisotopic (exact) mass is 474 g/mol. The summed E-state index contributed by atoms with van der Waals surface area (Å²) >= 11 is 13.5. The van der Waals surface area contributed by atoms with Gasteiger partial charge in [0.2, 0.25) is 6.79 Å². The van der Waals surface area contributed by atoms with Crippen LogP contribution in [0.3, 0.4) is 0 Å². The van der Waals surface area contributed by atoms with E-state index in [1.165, 1.54) is 11.8 Å². The van der Waals surface area contributed by atoms with E-state index in [2.05, 4.69) is 10.2 Å². The highest BCUT2D eigenvalue weighted by molar-refractivity contribution is 7.99. The third-order valence-electron chi connectivity index (χ3n) is 5.07. The van der Waals surface area contributed by atoms with Gasteiger partial charge in [-0.1, -0.05) is 35.0 Å². The molecule has 3 aromatic heterocycles. The van der Waals surface area contributed by atoms with Gasteiger partial charge in [0.1, 0.15) is 0 Å². The number of carbonyl (C=O) groups excluding carboxylic acids is 1. The van der Waals surface area contributed by atoms with E-state index in [9.17, 15) is 4.79 Å². The number of nitrogens with zero attached hydrogens (tertiary/aromatic N) is 4. The number of thioether (sulfide) groups is 1. The fourth-order valence-electron chi connectivity index (χ4n) is 3.68. The molecule has 0 atom stereocenters. The van der Waals surface area contributed by atoms with Gasteiger partial charge in [-0.05, 0) is 38.1 Å². The minimum absolute atomic E-state index is 0.00466. The Balaban J connectivity index is 1.40. The molecule has 0 N–H and O–H groups in total. The van der Waals surface area contributed by atoms with Crippen LogP contribution in [0.15, 0.2) is 41.7 Å². The van der Waals surface area contributed by atoms with Crippen molar-refractivity contribution in [3.8, 4) is 17.2 Å². The SMILES string of the molecule is Cc1cc(C(=O)CSc2nnc3c(Cl)cc(Cl)cn23)c(C)n1-c1ccc2c(c1)OCO2. The van der Waals surface area contributed by atoms with Crippen molar-refractivity contribution in [1.29, 1.82) is 0 Å². The molecule has 1 aromatic carbocycles. The number of carbonyl (C=O) groups is 1. The van der Waals surface area contributed by atoms with Gasteiger partial charge in [-0.25, -0.2) is 0 Å². The summed E-state index contributed by atoms with van der Waals surface area (Å²) in [5.74, 6) is 1.62. The lowest BCUT2D eigenvalue weighted by Crippen LogP contribution is -2.06. The molecule has 0 unspecified atom stereocenters. The molecule has 0 spiro atoms. The topological polar surface area (TPSA) is 70.7 Å². The number of rotatable bonds is 5. The number of aryl methyl sites for hydroxylation is 1. The largest absolute Gasteiger partial charge is 0.454 e. The predicted molar refractivity (Wildman–Crippen MR) is 119 cm³/mol. The zero-order valence-electron chi connectivity index (χ0n) is 16.6. The van der Waals surface area contributed by atoms with Crippen molar-refractivity contribution in [2.45, 2.75) is 19.0 Å². The maximum absolute atomic E-state index is 13.0. The van der Waals surface area contributed by atoms with Gasteiger partial charge >= 0.3 is 0 Å². The van der Waals surface area contributed by atoms with Gasteiger partial charge in [0.25, 0.3) is 0 Å². The molecule has 4 heterocycles. The molecule has 1 aliphatic rings. The van der Waals surface area contributed by atoms with Crippen molar-refractivity contribution in [1.82, 2.24) is 19.2 Å². The van der Waals surface area contributed by atoms with Crippen molar-refractivity contribution in [2.24, 2.45) is 0 Å². The van der Waals surface area contributed by atoms with Crippen LogP contribution in [0.1, 0.15) is 21.7 Å². The summed E-state index contributed by atoms with van der Waals surface area (Å²) in [7, 11) is 0. The van der Waals surface area contributed by atoms with E-state index in [4.69, 9.17) is 32.7 Å². The molecule has 0 amide bonds. The Hall–Kier alpha value is -2.68. The summed E-state index contributed by atoms with van der Waals surface area (Å²) in [6, 6.07) is 9.25. The highest BCUT2D eigenvalue weighted by Crippen LogP contribution is 2.35. The first kappa shape index (κ1) is 20.2. The van der Waals surface area contributed by atoms with Crippen LogP contribution >= 0.6 is 35.0 Å². The average molecular weight is 475 g/mol. The van der Waals surface area contributed by atoms with Crippen molar-refractivity contribution >= 4 is 46.4 Å². The molecule has 0 bridgehead atoms. The number of Topliss-reactive ketones (excluding diaryl/α,β-unsaturated/α-hetero) is 1. The van der Waals surface area contributed by atoms with Crippen LogP contribution < -0.4 is 9.47 Å². The van der Waals surface area contributed by atoms with E-state index in [0.717, 1.165) is 22.8 Å². The Kier molecular flexibility index (Phi) is 5.08. The maximum Gasteiger partial charge on any atom is 0.231 e. The van der Waals surface area contributed by atoms with Gasteiger partial charge in [0, 0.05) is 34.9 Å². The van der Waals surface area contributed by atoms with Crippen molar-refractivity contribution in [2.75, 3.05) is 12.5 Å². The summed E-state index contributed by atoms with van der Waals surface area (Å²) in [6.45, 7) is 4.12. The number of benzene rings is 1. The number of hydrogen-bond donors (Lipinski definition) is 0. The Labute approximate surface area is 191 Å². The number of hydrogen-bond acceptors (Lipinski definition) is 6. The van der Waals surface area contributed by atoms with Crippen LogP contribution in [0.4, 0.5) is 0 Å². The number of halogens is 2. The number of pyridine rings is 1. The molecule has 0 saturated heterocycles. The fourth-order valence-corrected chi connectivity index (χ4v) is 4.98. The molecule has 7 nitrogen and oxygen atoms in total. The first-order valence-corrected chi connectivity index (χ1v) is 11.1. The number of ketones is 1. The molecule has 0 radical (unpaired) electrons. The second kappa shape index (κ2) is 7.78. The number of fused-ring (bicyclic) bond motifs is 2. The molecule has 0 aliphatic carbocycles. The molecular weight excluding hydrogens is 459 g/mol. The highest BCUT2D eigenvalue weighted by Gasteiger charge is 2.20. The number of aromatic nitrogens is 4. The minimum Gasteiger partial charge on any atom is -0.454 e. The van der Waals surface area contributed by atoms with Gasteiger partial charge in [-0.2, -0.15) is 0 Å². The molecule has 158 valence electrons. The van der Waals surface area contributed by atoms with Gasteiger partial charge in [-0.3, -0.25) is 9.20 Å². The highest BCUT2D eigenvalue weighted by atomic mass is 35.5. The van der Waals surface area contributed by atoms with Crippen molar-refractivity contribution < 1.29 is 14.3 Å². The quantitative estimate of drug-likeness (QED) is 0.294. The van der Waals surface area contributed by atoms with E-state index in [0.29, 0.717) is 32.2 Å². The molecular formula is C21H16Cl2N4O3S. The second-order valence-electron chi connectivity index (χ2n) is 7.05. The first-order chi connectivity index (χ1) is 14.9. The van der Waals surface area contributed by atoms with Crippen LogP contribution in [0, 0.1) is 13.8 Å². The van der Waals surface area contributed by atoms with E-state index in [1.807, 2.05) is 42.7 Å². The standard InChI is InChI=1S/C21H16Cl2N4O3S/c1-11-5-15(12(2)27(11)14-3-4-18-19(7-14)30-10-29-18)17(28)9-31-21-25-24-20-16(23)6-13(22)8-26(20)21/h3-8H,9-10H2,1-2H3. The van der Waals surface area contributed by atoms with Gasteiger partial charge in [-0.15, -0.1) is 10.2 Å². The zero-order chi connectivity index (χ0) is 21.7. The predicted octanol–water partition coefficient (Wildman–Crippen LogP) is 5.15. The van der Waals surface area contributed by atoms with Crippen LogP contribution in [0.25, 0.3) is 11.3 Å². The molecule has 10 heteroatoms. The van der Waals surface area contributed by atoms with E-state index in [-0.39, 0.29) is 18.3 Å². The lowest BCUT2D eigenvalue weighted by atomic mass is 10.2. The Morgan fingerprint density at radius 3 is 2.77 bits per heavy atom. The lowest BCUT2D eigenvalue weighted by Gasteiger charge is -2.10. The smallest absolute Gasteiger partial charge is 0.231 e. The summed E-state index contributed by atoms with van der Waals surface area (Å²) in [6.07, 6.45) is 1.68. The maximum atomic E-state index is 13.0. The fraction of sp³-hybridized carbons (Fsp3) is 0.190. The first-order valence-electron chi connectivity index (χ1n) is 9.37. The third kappa shape index (κ3) is 3.54. The van der Waals surface area contributed by atoms with Gasteiger partial charge in [0.05, 0.1) is 15.8 Å². The average Bonchev–Trinajstić information content (AvgIpc) is 3.43. The van der Waals surface area contributed by atoms with Gasteiger partial charge < -0.3 is 14.0 Å². The lowest BCUT2D eigenvalue weighted by molar-refractivity contribution is 0.102. The van der Waals surface area contributed by atoms with E-state index >= 15 is 0 Å². The van der Waals surface area contributed by atoms with Crippen LogP contribution in [-0.2, 0) is 0 Å². The van der Waals surface area contributed by atoms with Gasteiger partial charge in [0.15, 0.2) is 28.1 Å². The third-order valence-corrected chi connectivity index (χ3v) is 6.50. The normalized spacial score (nSPS) is 12.6. The van der Waals surface area contributed by atoms with Crippen molar-refractivity contribution in [3.63, 3.8) is 0 Å². The Morgan fingerprint density at radius 2 is 1.94 bits per heavy atom. The van der Waals surface area contributed by atoms with Crippen LogP contribution in [0.2, 0.25) is 10.0 Å². The molecule has 0 fully saturated rings. The summed E-state index contributed by atoms with van der Waals surface area (Å²) in [4.78, 5) is 13.0. The summed E-state index contributed by atoms with van der Waals surface area (Å²) in [5, 5.41) is 9.65. The molecule has 31 heavy (non-hydrogen) atoms. The summed E-state index contributed by atoms with van der Waals surface area (Å²) in [5.41, 5.74) is 3.89. The molecule has 4 aromatic rings. The van der Waals surface area contributed by atoms with Crippen molar-refractivity contribution in [3.05, 3.63) is 63.5 Å². The minimum atomic E-state index is -0.00466. The molecule has 5 rings (SSSR count). The van der Waals surface area contributed by atoms with Crippen LogP contribution in [0.5, 0.6) is 11.5 Å². The Morgan fingerprint density at radius 1 is 1.13 bits per heavy atom.